The number of benzene rings is 1. The molecular weight excluding hydrogens is 349 g/mol. The number of halogens is 3. The lowest BCUT2D eigenvalue weighted by Gasteiger charge is -2.10. The van der Waals surface area contributed by atoms with Crippen molar-refractivity contribution in [3.8, 4) is 0 Å². The molecule has 0 spiro atoms. The Balaban J connectivity index is 2.37. The number of nitrogens with zero attached hydrogens (tertiary/aromatic N) is 1. The molecule has 2 rings (SSSR count). The first-order valence-electron chi connectivity index (χ1n) is 7.89. The van der Waals surface area contributed by atoms with Gasteiger partial charge in [-0.3, -0.25) is 4.79 Å². The van der Waals surface area contributed by atoms with Crippen molar-refractivity contribution in [3.63, 3.8) is 0 Å². The van der Waals surface area contributed by atoms with Crippen LogP contribution < -0.4 is 5.32 Å². The molecule has 1 aromatic heterocycles. The van der Waals surface area contributed by atoms with Gasteiger partial charge in [0.05, 0.1) is 17.7 Å². The number of nitrogens with one attached hydrogen (secondary N) is 1. The Bertz CT molecular complexity index is 854. The summed E-state index contributed by atoms with van der Waals surface area (Å²) in [7, 11) is 1.62. The smallest absolute Gasteiger partial charge is 0.416 e. The summed E-state index contributed by atoms with van der Waals surface area (Å²) >= 11 is 0. The Morgan fingerprint density at radius 3 is 2.46 bits per heavy atom. The van der Waals surface area contributed by atoms with Crippen molar-refractivity contribution < 1.29 is 27.5 Å². The topological polar surface area (TPSA) is 60.3 Å². The van der Waals surface area contributed by atoms with Crippen LogP contribution in [-0.4, -0.2) is 23.1 Å². The number of aromatic nitrogens is 1. The van der Waals surface area contributed by atoms with E-state index in [2.05, 4.69) is 5.32 Å². The highest BCUT2D eigenvalue weighted by atomic mass is 19.4. The first kappa shape index (κ1) is 19.6. The number of ether oxygens (including phenoxy) is 1. The summed E-state index contributed by atoms with van der Waals surface area (Å²) in [6.45, 7) is 5.11. The van der Waals surface area contributed by atoms with Gasteiger partial charge in [-0.1, -0.05) is 6.07 Å². The molecule has 0 radical (unpaired) electrons. The fourth-order valence-electron chi connectivity index (χ4n) is 2.77. The van der Waals surface area contributed by atoms with Crippen molar-refractivity contribution >= 4 is 17.6 Å². The fraction of sp³-hybridized carbons (Fsp3) is 0.333. The summed E-state index contributed by atoms with van der Waals surface area (Å²) in [6, 6.07) is 4.37. The van der Waals surface area contributed by atoms with Crippen molar-refractivity contribution in [2.24, 2.45) is 7.05 Å². The van der Waals surface area contributed by atoms with Gasteiger partial charge in [0.2, 0.25) is 0 Å². The van der Waals surface area contributed by atoms with Crippen molar-refractivity contribution in [2.75, 3.05) is 11.9 Å². The highest BCUT2D eigenvalue weighted by Crippen LogP contribution is 2.31. The van der Waals surface area contributed by atoms with Crippen LogP contribution in [0.15, 0.2) is 24.3 Å². The Hall–Kier alpha value is -2.77. The average Bonchev–Trinajstić information content (AvgIpc) is 2.76. The van der Waals surface area contributed by atoms with Gasteiger partial charge < -0.3 is 14.6 Å². The SMILES string of the molecule is CCOC(=O)c1c(C)c(C(=O)Nc2cccc(C(F)(F)F)c2)c(C)n1C. The standard InChI is InChI=1S/C18H19F3N2O3/c1-5-26-17(25)15-10(2)14(11(3)23(15)4)16(24)22-13-8-6-7-12(9-13)18(19,20)21/h6-9H,5H2,1-4H3,(H,22,24). The van der Waals surface area contributed by atoms with E-state index in [9.17, 15) is 22.8 Å². The second kappa shape index (κ2) is 7.23. The van der Waals surface area contributed by atoms with Crippen molar-refractivity contribution in [2.45, 2.75) is 26.9 Å². The van der Waals surface area contributed by atoms with Crippen molar-refractivity contribution in [1.29, 1.82) is 0 Å². The van der Waals surface area contributed by atoms with Crippen LogP contribution in [0.4, 0.5) is 18.9 Å². The molecule has 0 unspecified atom stereocenters. The quantitative estimate of drug-likeness (QED) is 0.827. The Morgan fingerprint density at radius 1 is 1.23 bits per heavy atom. The van der Waals surface area contributed by atoms with E-state index in [1.54, 1.807) is 27.8 Å². The molecule has 0 aliphatic heterocycles. The van der Waals surface area contributed by atoms with Crippen LogP contribution in [0.5, 0.6) is 0 Å². The van der Waals surface area contributed by atoms with E-state index in [1.165, 1.54) is 16.7 Å². The number of hydrogen-bond acceptors (Lipinski definition) is 3. The normalized spacial score (nSPS) is 11.3. The molecule has 1 amide bonds. The fourth-order valence-corrected chi connectivity index (χ4v) is 2.77. The van der Waals surface area contributed by atoms with Gasteiger partial charge in [-0.05, 0) is 44.5 Å². The summed E-state index contributed by atoms with van der Waals surface area (Å²) in [5.74, 6) is -1.15. The second-order valence-electron chi connectivity index (χ2n) is 5.75. The van der Waals surface area contributed by atoms with E-state index < -0.39 is 23.6 Å². The van der Waals surface area contributed by atoms with Gasteiger partial charge in [0.15, 0.2) is 0 Å². The molecule has 0 aliphatic rings. The molecule has 8 heteroatoms. The third-order valence-corrected chi connectivity index (χ3v) is 4.07. The van der Waals surface area contributed by atoms with Gasteiger partial charge in [-0.25, -0.2) is 4.79 Å². The Labute approximate surface area is 148 Å². The number of carbonyl (C=O) groups excluding carboxylic acids is 2. The predicted molar refractivity (Wildman–Crippen MR) is 90.2 cm³/mol. The highest BCUT2D eigenvalue weighted by molar-refractivity contribution is 6.08. The molecule has 0 bridgehead atoms. The van der Waals surface area contributed by atoms with Crippen LogP contribution in [0, 0.1) is 13.8 Å². The van der Waals surface area contributed by atoms with E-state index in [0.717, 1.165) is 12.1 Å². The Kier molecular flexibility index (Phi) is 5.44. The molecule has 1 N–H and O–H groups in total. The number of hydrogen-bond donors (Lipinski definition) is 1. The second-order valence-corrected chi connectivity index (χ2v) is 5.75. The van der Waals surface area contributed by atoms with Gasteiger partial charge >= 0.3 is 12.1 Å². The summed E-state index contributed by atoms with van der Waals surface area (Å²) in [6.07, 6.45) is -4.50. The van der Waals surface area contributed by atoms with Crippen LogP contribution >= 0.6 is 0 Å². The third kappa shape index (κ3) is 3.74. The largest absolute Gasteiger partial charge is 0.461 e. The van der Waals surface area contributed by atoms with Crippen LogP contribution in [0.2, 0.25) is 0 Å². The maximum Gasteiger partial charge on any atom is 0.416 e. The predicted octanol–water partition coefficient (Wildman–Crippen LogP) is 4.09. The average molecular weight is 368 g/mol. The lowest BCUT2D eigenvalue weighted by molar-refractivity contribution is -0.137. The summed E-state index contributed by atoms with van der Waals surface area (Å²) in [5, 5.41) is 2.46. The molecule has 1 heterocycles. The molecule has 0 atom stereocenters. The van der Waals surface area contributed by atoms with E-state index in [0.29, 0.717) is 11.3 Å². The highest BCUT2D eigenvalue weighted by Gasteiger charge is 2.31. The van der Waals surface area contributed by atoms with E-state index in [4.69, 9.17) is 4.74 Å². The number of amides is 1. The van der Waals surface area contributed by atoms with Gasteiger partial charge in [0, 0.05) is 18.4 Å². The minimum Gasteiger partial charge on any atom is -0.461 e. The van der Waals surface area contributed by atoms with Gasteiger partial charge in [0.1, 0.15) is 5.69 Å². The van der Waals surface area contributed by atoms with Crippen molar-refractivity contribution in [1.82, 2.24) is 4.57 Å². The molecule has 0 saturated carbocycles. The van der Waals surface area contributed by atoms with Crippen LogP contribution in [-0.2, 0) is 18.0 Å². The van der Waals surface area contributed by atoms with Gasteiger partial charge in [-0.15, -0.1) is 0 Å². The maximum atomic E-state index is 12.8. The zero-order valence-corrected chi connectivity index (χ0v) is 14.8. The van der Waals surface area contributed by atoms with Crippen LogP contribution in [0.25, 0.3) is 0 Å². The number of alkyl halides is 3. The monoisotopic (exact) mass is 368 g/mol. The third-order valence-electron chi connectivity index (χ3n) is 4.07. The Morgan fingerprint density at radius 2 is 1.88 bits per heavy atom. The molecule has 2 aromatic rings. The molecule has 26 heavy (non-hydrogen) atoms. The molecule has 5 nitrogen and oxygen atoms in total. The molecule has 0 fully saturated rings. The molecule has 0 aliphatic carbocycles. The lowest BCUT2D eigenvalue weighted by atomic mass is 10.1. The van der Waals surface area contributed by atoms with Crippen LogP contribution in [0.3, 0.4) is 0 Å². The number of anilines is 1. The first-order chi connectivity index (χ1) is 12.1. The molecule has 140 valence electrons. The number of esters is 1. The summed E-state index contributed by atoms with van der Waals surface area (Å²) < 4.78 is 44.9. The van der Waals surface area contributed by atoms with E-state index in [1.807, 2.05) is 0 Å². The maximum absolute atomic E-state index is 12.8. The molecule has 1 aromatic carbocycles. The minimum atomic E-state index is -4.50. The number of rotatable bonds is 4. The van der Waals surface area contributed by atoms with Gasteiger partial charge in [0.25, 0.3) is 5.91 Å². The number of carbonyl (C=O) groups is 2. The summed E-state index contributed by atoms with van der Waals surface area (Å²) in [5.41, 5.74) is 0.545. The van der Waals surface area contributed by atoms with E-state index in [-0.39, 0.29) is 23.6 Å². The zero-order chi connectivity index (χ0) is 19.6. The molecular formula is C18H19F3N2O3. The zero-order valence-electron chi connectivity index (χ0n) is 14.8. The lowest BCUT2D eigenvalue weighted by Crippen LogP contribution is -2.15. The molecule has 0 saturated heterocycles. The minimum absolute atomic E-state index is 0.0187. The first-order valence-corrected chi connectivity index (χ1v) is 7.89. The van der Waals surface area contributed by atoms with Crippen molar-refractivity contribution in [3.05, 3.63) is 52.3 Å². The van der Waals surface area contributed by atoms with Gasteiger partial charge in [-0.2, -0.15) is 13.2 Å². The van der Waals surface area contributed by atoms with E-state index >= 15 is 0 Å². The summed E-state index contributed by atoms with van der Waals surface area (Å²) in [4.78, 5) is 24.7. The van der Waals surface area contributed by atoms with Crippen LogP contribution in [0.1, 0.15) is 44.6 Å².